The van der Waals surface area contributed by atoms with Crippen LogP contribution in [0.25, 0.3) is 11.0 Å². The first-order valence-corrected chi connectivity index (χ1v) is 8.48. The van der Waals surface area contributed by atoms with E-state index in [0.717, 1.165) is 28.7 Å². The molecule has 3 rings (SSSR count). The minimum atomic E-state index is -0.231. The molecular weight excluding hydrogens is 330 g/mol. The Labute approximate surface area is 151 Å². The minimum absolute atomic E-state index is 0.0243. The van der Waals surface area contributed by atoms with E-state index in [4.69, 9.17) is 0 Å². The van der Waals surface area contributed by atoms with Crippen LogP contribution in [0.1, 0.15) is 12.5 Å². The summed E-state index contributed by atoms with van der Waals surface area (Å²) < 4.78 is 1.54. The molecule has 0 fully saturated rings. The second kappa shape index (κ2) is 7.77. The van der Waals surface area contributed by atoms with E-state index in [9.17, 15) is 9.59 Å². The number of benzene rings is 2. The number of aryl methyl sites for hydroxylation is 1. The zero-order valence-electron chi connectivity index (χ0n) is 14.8. The van der Waals surface area contributed by atoms with Crippen molar-refractivity contribution in [3.63, 3.8) is 0 Å². The Morgan fingerprint density at radius 1 is 1.12 bits per heavy atom. The van der Waals surface area contributed by atoms with Crippen LogP contribution in [0, 0.1) is 0 Å². The fraction of sp³-hybridized carbons (Fsp3) is 0.263. The Morgan fingerprint density at radius 3 is 2.65 bits per heavy atom. The van der Waals surface area contributed by atoms with Crippen LogP contribution in [-0.4, -0.2) is 45.3 Å². The summed E-state index contributed by atoms with van der Waals surface area (Å²) in [5, 5.41) is 10.9. The van der Waals surface area contributed by atoms with Gasteiger partial charge in [0.05, 0.1) is 12.1 Å². The number of para-hydroxylation sites is 2. The van der Waals surface area contributed by atoms with Gasteiger partial charge in [0.2, 0.25) is 11.8 Å². The summed E-state index contributed by atoms with van der Waals surface area (Å²) in [6.45, 7) is 2.04. The SMILES string of the molecule is CCc1ccccc1NC(=O)CN(C)C(=O)Cn1nnc2ccccc21. The first-order valence-electron chi connectivity index (χ1n) is 8.48. The third kappa shape index (κ3) is 3.88. The summed E-state index contributed by atoms with van der Waals surface area (Å²) in [6.07, 6.45) is 0.824. The number of likely N-dealkylation sites (N-methyl/N-ethyl adjacent to an activating group) is 1. The van der Waals surface area contributed by atoms with Gasteiger partial charge in [0, 0.05) is 12.7 Å². The number of nitrogens with zero attached hydrogens (tertiary/aromatic N) is 4. The Balaban J connectivity index is 1.61. The molecule has 2 aromatic carbocycles. The Hall–Kier alpha value is -3.22. The topological polar surface area (TPSA) is 80.1 Å². The van der Waals surface area contributed by atoms with E-state index in [0.29, 0.717) is 0 Å². The second-order valence-corrected chi connectivity index (χ2v) is 6.04. The van der Waals surface area contributed by atoms with Gasteiger partial charge < -0.3 is 10.2 Å². The van der Waals surface area contributed by atoms with Gasteiger partial charge in [-0.3, -0.25) is 9.59 Å². The predicted molar refractivity (Wildman–Crippen MR) is 99.6 cm³/mol. The number of aromatic nitrogens is 3. The lowest BCUT2D eigenvalue weighted by Crippen LogP contribution is -2.37. The molecule has 0 spiro atoms. The molecule has 7 nitrogen and oxygen atoms in total. The molecule has 7 heteroatoms. The molecule has 1 aromatic heterocycles. The minimum Gasteiger partial charge on any atom is -0.335 e. The van der Waals surface area contributed by atoms with Gasteiger partial charge in [0.1, 0.15) is 12.1 Å². The molecule has 0 saturated carbocycles. The highest BCUT2D eigenvalue weighted by atomic mass is 16.2. The van der Waals surface area contributed by atoms with E-state index < -0.39 is 0 Å². The molecule has 0 aliphatic carbocycles. The summed E-state index contributed by atoms with van der Waals surface area (Å²) in [5.74, 6) is -0.440. The molecule has 0 atom stereocenters. The molecule has 3 aromatic rings. The lowest BCUT2D eigenvalue weighted by Gasteiger charge is -2.17. The van der Waals surface area contributed by atoms with E-state index in [1.54, 1.807) is 11.7 Å². The molecule has 2 amide bonds. The second-order valence-electron chi connectivity index (χ2n) is 6.04. The quantitative estimate of drug-likeness (QED) is 0.737. The highest BCUT2D eigenvalue weighted by Gasteiger charge is 2.16. The molecular formula is C19H21N5O2. The average Bonchev–Trinajstić information content (AvgIpc) is 3.05. The Kier molecular flexibility index (Phi) is 5.26. The zero-order valence-corrected chi connectivity index (χ0v) is 14.8. The first kappa shape index (κ1) is 17.6. The number of fused-ring (bicyclic) bond motifs is 1. The highest BCUT2D eigenvalue weighted by Crippen LogP contribution is 2.15. The monoisotopic (exact) mass is 351 g/mol. The van der Waals surface area contributed by atoms with Crippen LogP contribution >= 0.6 is 0 Å². The van der Waals surface area contributed by atoms with E-state index in [-0.39, 0.29) is 24.9 Å². The number of carbonyl (C=O) groups is 2. The summed E-state index contributed by atoms with van der Waals surface area (Å²) in [4.78, 5) is 26.1. The molecule has 1 N–H and O–H groups in total. The van der Waals surface area contributed by atoms with Crippen molar-refractivity contribution in [2.75, 3.05) is 18.9 Å². The van der Waals surface area contributed by atoms with Crippen molar-refractivity contribution in [3.8, 4) is 0 Å². The van der Waals surface area contributed by atoms with Crippen LogP contribution in [0.4, 0.5) is 5.69 Å². The number of hydrogen-bond donors (Lipinski definition) is 1. The van der Waals surface area contributed by atoms with Crippen molar-refractivity contribution >= 4 is 28.5 Å². The summed E-state index contributed by atoms with van der Waals surface area (Å²) >= 11 is 0. The Bertz CT molecular complexity index is 934. The standard InChI is InChI=1S/C19H21N5O2/c1-3-14-8-4-5-9-15(14)20-18(25)12-23(2)19(26)13-24-17-11-7-6-10-16(17)21-22-24/h4-11H,3,12-13H2,1-2H3,(H,20,25). The first-order chi connectivity index (χ1) is 12.6. The molecule has 0 aliphatic heterocycles. The van der Waals surface area contributed by atoms with Gasteiger partial charge in [0.25, 0.3) is 0 Å². The van der Waals surface area contributed by atoms with Gasteiger partial charge in [-0.25, -0.2) is 4.68 Å². The van der Waals surface area contributed by atoms with Crippen molar-refractivity contribution in [2.45, 2.75) is 19.9 Å². The number of anilines is 1. The summed E-state index contributed by atoms with van der Waals surface area (Å²) in [7, 11) is 1.60. The summed E-state index contributed by atoms with van der Waals surface area (Å²) in [5.41, 5.74) is 3.36. The number of amides is 2. The fourth-order valence-electron chi connectivity index (χ4n) is 2.73. The normalized spacial score (nSPS) is 10.7. The van der Waals surface area contributed by atoms with Crippen LogP contribution in [0.2, 0.25) is 0 Å². The Morgan fingerprint density at radius 2 is 1.85 bits per heavy atom. The van der Waals surface area contributed by atoms with Gasteiger partial charge in [-0.15, -0.1) is 5.10 Å². The molecule has 0 radical (unpaired) electrons. The largest absolute Gasteiger partial charge is 0.335 e. The van der Waals surface area contributed by atoms with Gasteiger partial charge >= 0.3 is 0 Å². The van der Waals surface area contributed by atoms with Crippen LogP contribution in [-0.2, 0) is 22.6 Å². The molecule has 0 unspecified atom stereocenters. The summed E-state index contributed by atoms with van der Waals surface area (Å²) in [6, 6.07) is 15.1. The molecule has 1 heterocycles. The van der Waals surface area contributed by atoms with Crippen molar-refractivity contribution in [1.29, 1.82) is 0 Å². The molecule has 134 valence electrons. The number of nitrogens with one attached hydrogen (secondary N) is 1. The zero-order chi connectivity index (χ0) is 18.5. The fourth-order valence-corrected chi connectivity index (χ4v) is 2.73. The van der Waals surface area contributed by atoms with Gasteiger partial charge in [-0.05, 0) is 30.2 Å². The van der Waals surface area contributed by atoms with Crippen LogP contribution in [0.5, 0.6) is 0 Å². The van der Waals surface area contributed by atoms with Crippen molar-refractivity contribution < 1.29 is 9.59 Å². The third-order valence-electron chi connectivity index (χ3n) is 4.18. The third-order valence-corrected chi connectivity index (χ3v) is 4.18. The predicted octanol–water partition coefficient (Wildman–Crippen LogP) is 2.09. The maximum absolute atomic E-state index is 12.4. The number of carbonyl (C=O) groups excluding carboxylic acids is 2. The average molecular weight is 351 g/mol. The van der Waals surface area contributed by atoms with E-state index in [1.165, 1.54) is 4.90 Å². The molecule has 0 bridgehead atoms. The number of hydrogen-bond acceptors (Lipinski definition) is 4. The van der Waals surface area contributed by atoms with Crippen LogP contribution in [0.3, 0.4) is 0 Å². The maximum atomic E-state index is 12.4. The van der Waals surface area contributed by atoms with Gasteiger partial charge in [0.15, 0.2) is 0 Å². The molecule has 0 aliphatic rings. The van der Waals surface area contributed by atoms with Crippen molar-refractivity contribution in [2.24, 2.45) is 0 Å². The lowest BCUT2D eigenvalue weighted by molar-refractivity contribution is -0.133. The van der Waals surface area contributed by atoms with Crippen LogP contribution in [0.15, 0.2) is 48.5 Å². The molecule has 0 saturated heterocycles. The maximum Gasteiger partial charge on any atom is 0.244 e. The lowest BCUT2D eigenvalue weighted by atomic mass is 10.1. The van der Waals surface area contributed by atoms with E-state index >= 15 is 0 Å². The van der Waals surface area contributed by atoms with Crippen LogP contribution < -0.4 is 5.32 Å². The van der Waals surface area contributed by atoms with Gasteiger partial charge in [-0.1, -0.05) is 42.5 Å². The molecule has 26 heavy (non-hydrogen) atoms. The smallest absolute Gasteiger partial charge is 0.244 e. The van der Waals surface area contributed by atoms with E-state index in [2.05, 4.69) is 15.6 Å². The van der Waals surface area contributed by atoms with E-state index in [1.807, 2.05) is 55.5 Å². The van der Waals surface area contributed by atoms with Gasteiger partial charge in [-0.2, -0.15) is 0 Å². The number of rotatable bonds is 6. The van der Waals surface area contributed by atoms with Crippen molar-refractivity contribution in [1.82, 2.24) is 19.9 Å². The van der Waals surface area contributed by atoms with Crippen molar-refractivity contribution in [3.05, 3.63) is 54.1 Å². The highest BCUT2D eigenvalue weighted by molar-refractivity contribution is 5.95.